The van der Waals surface area contributed by atoms with E-state index in [4.69, 9.17) is 4.74 Å². The Balaban J connectivity index is 2.38. The van der Waals surface area contributed by atoms with Gasteiger partial charge in [0.2, 0.25) is 0 Å². The summed E-state index contributed by atoms with van der Waals surface area (Å²) in [5.41, 5.74) is -1.76. The van der Waals surface area contributed by atoms with E-state index in [-0.39, 0.29) is 13.2 Å². The summed E-state index contributed by atoms with van der Waals surface area (Å²) in [4.78, 5) is 0.322. The molecule has 6 heteroatoms. The minimum absolute atomic E-state index is 0.260. The number of thiophene rings is 1. The predicted octanol–water partition coefficient (Wildman–Crippen LogP) is 3.34. The molecule has 0 spiro atoms. The summed E-state index contributed by atoms with van der Waals surface area (Å²) in [6.45, 7) is -0.521. The van der Waals surface area contributed by atoms with Gasteiger partial charge in [-0.15, -0.1) is 11.3 Å². The molecule has 0 saturated carbocycles. The van der Waals surface area contributed by atoms with E-state index in [0.717, 1.165) is 11.3 Å². The van der Waals surface area contributed by atoms with Gasteiger partial charge in [0, 0.05) is 14.7 Å². The second-order valence-electron chi connectivity index (χ2n) is 3.20. The van der Waals surface area contributed by atoms with Crippen molar-refractivity contribution in [2.45, 2.75) is 11.6 Å². The molecule has 14 heavy (non-hydrogen) atoms. The molecule has 2 heterocycles. The molecule has 0 amide bonds. The molecular weight excluding hydrogens is 281 g/mol. The maximum atomic E-state index is 12.8. The highest BCUT2D eigenvalue weighted by molar-refractivity contribution is 9.10. The largest absolute Gasteiger partial charge is 0.403 e. The zero-order valence-electron chi connectivity index (χ0n) is 6.90. The first-order chi connectivity index (χ1) is 6.46. The predicted molar refractivity (Wildman–Crippen MR) is 50.6 cm³/mol. The molecule has 0 aromatic carbocycles. The van der Waals surface area contributed by atoms with Gasteiger partial charge in [-0.25, -0.2) is 0 Å². The van der Waals surface area contributed by atoms with Crippen LogP contribution in [0, 0.1) is 0 Å². The Bertz CT molecular complexity index is 343. The smallest absolute Gasteiger partial charge is 0.379 e. The third kappa shape index (κ3) is 1.40. The highest BCUT2D eigenvalue weighted by atomic mass is 79.9. The molecule has 1 fully saturated rings. The van der Waals surface area contributed by atoms with Crippen molar-refractivity contribution in [1.82, 2.24) is 0 Å². The summed E-state index contributed by atoms with van der Waals surface area (Å²) in [5, 5.41) is 1.65. The van der Waals surface area contributed by atoms with E-state index in [0.29, 0.717) is 9.35 Å². The number of rotatable bonds is 1. The number of halogens is 4. The van der Waals surface area contributed by atoms with Gasteiger partial charge in [-0.05, 0) is 22.0 Å². The summed E-state index contributed by atoms with van der Waals surface area (Å²) in [6, 6.07) is 1.51. The molecule has 1 nitrogen and oxygen atoms in total. The fourth-order valence-corrected chi connectivity index (χ4v) is 2.94. The second kappa shape index (κ2) is 3.21. The molecule has 0 atom stereocenters. The van der Waals surface area contributed by atoms with Gasteiger partial charge in [-0.1, -0.05) is 0 Å². The molecular formula is C8H6BrF3OS. The van der Waals surface area contributed by atoms with Crippen LogP contribution in [0.4, 0.5) is 13.2 Å². The van der Waals surface area contributed by atoms with Gasteiger partial charge in [-0.3, -0.25) is 0 Å². The van der Waals surface area contributed by atoms with Crippen molar-refractivity contribution in [3.63, 3.8) is 0 Å². The van der Waals surface area contributed by atoms with Crippen molar-refractivity contribution in [2.75, 3.05) is 13.2 Å². The van der Waals surface area contributed by atoms with Crippen molar-refractivity contribution >= 4 is 27.3 Å². The number of alkyl halides is 3. The summed E-state index contributed by atoms with van der Waals surface area (Å²) < 4.78 is 43.7. The molecule has 1 aliphatic heterocycles. The van der Waals surface area contributed by atoms with Crippen LogP contribution in [-0.2, 0) is 10.2 Å². The first kappa shape index (κ1) is 10.4. The normalized spacial score (nSPS) is 20.6. The summed E-state index contributed by atoms with van der Waals surface area (Å²) in [7, 11) is 0. The zero-order valence-corrected chi connectivity index (χ0v) is 9.30. The molecule has 78 valence electrons. The van der Waals surface area contributed by atoms with Gasteiger partial charge in [-0.2, -0.15) is 13.2 Å². The molecule has 1 aromatic heterocycles. The Hall–Kier alpha value is -0.0700. The molecule has 1 aromatic rings. The van der Waals surface area contributed by atoms with Gasteiger partial charge < -0.3 is 4.74 Å². The average Bonchev–Trinajstić information content (AvgIpc) is 2.29. The quantitative estimate of drug-likeness (QED) is 0.769. The Morgan fingerprint density at radius 3 is 2.36 bits per heavy atom. The lowest BCUT2D eigenvalue weighted by atomic mass is 9.83. The first-order valence-corrected chi connectivity index (χ1v) is 5.52. The van der Waals surface area contributed by atoms with Crippen LogP contribution in [0.3, 0.4) is 0 Å². The van der Waals surface area contributed by atoms with Gasteiger partial charge in [0.25, 0.3) is 0 Å². The third-order valence-corrected chi connectivity index (χ3v) is 4.17. The van der Waals surface area contributed by atoms with Crippen LogP contribution < -0.4 is 0 Å². The SMILES string of the molecule is FC(F)(F)C1(c2cc(Br)cs2)COC1. The molecule has 0 aliphatic carbocycles. The first-order valence-electron chi connectivity index (χ1n) is 3.85. The lowest BCUT2D eigenvalue weighted by molar-refractivity contribution is -0.260. The number of ether oxygens (including phenoxy) is 1. The van der Waals surface area contributed by atoms with Gasteiger partial charge in [0.05, 0.1) is 13.2 Å². The van der Waals surface area contributed by atoms with E-state index in [1.54, 1.807) is 5.38 Å². The molecule has 0 bridgehead atoms. The van der Waals surface area contributed by atoms with E-state index >= 15 is 0 Å². The Morgan fingerprint density at radius 1 is 1.43 bits per heavy atom. The summed E-state index contributed by atoms with van der Waals surface area (Å²) >= 11 is 4.26. The molecule has 2 rings (SSSR count). The van der Waals surface area contributed by atoms with Crippen molar-refractivity contribution in [3.05, 3.63) is 20.8 Å². The standard InChI is InChI=1S/C8H6BrF3OS/c9-5-1-6(14-2-5)7(3-13-4-7)8(10,11)12/h1-2H,3-4H2. The lowest BCUT2D eigenvalue weighted by Crippen LogP contribution is -2.56. The monoisotopic (exact) mass is 286 g/mol. The molecule has 0 N–H and O–H groups in total. The van der Waals surface area contributed by atoms with Crippen LogP contribution in [0.25, 0.3) is 0 Å². The highest BCUT2D eigenvalue weighted by Gasteiger charge is 2.61. The maximum absolute atomic E-state index is 12.8. The van der Waals surface area contributed by atoms with Crippen LogP contribution in [0.5, 0.6) is 0 Å². The number of hydrogen-bond donors (Lipinski definition) is 0. The fraction of sp³-hybridized carbons (Fsp3) is 0.500. The topological polar surface area (TPSA) is 9.23 Å². The van der Waals surface area contributed by atoms with Gasteiger partial charge in [0.1, 0.15) is 5.41 Å². The van der Waals surface area contributed by atoms with E-state index in [2.05, 4.69) is 15.9 Å². The van der Waals surface area contributed by atoms with Crippen molar-refractivity contribution in [2.24, 2.45) is 0 Å². The van der Waals surface area contributed by atoms with E-state index < -0.39 is 11.6 Å². The Morgan fingerprint density at radius 2 is 2.07 bits per heavy atom. The van der Waals surface area contributed by atoms with E-state index in [1.807, 2.05) is 0 Å². The van der Waals surface area contributed by atoms with Crippen LogP contribution in [0.2, 0.25) is 0 Å². The second-order valence-corrected chi connectivity index (χ2v) is 5.03. The maximum Gasteiger partial charge on any atom is 0.403 e. The average molecular weight is 287 g/mol. The Labute approximate surface area is 91.0 Å². The van der Waals surface area contributed by atoms with Gasteiger partial charge in [0.15, 0.2) is 0 Å². The fourth-order valence-electron chi connectivity index (χ4n) is 1.32. The highest BCUT2D eigenvalue weighted by Crippen LogP contribution is 2.48. The minimum Gasteiger partial charge on any atom is -0.379 e. The van der Waals surface area contributed by atoms with Crippen LogP contribution in [0.1, 0.15) is 4.88 Å². The summed E-state index contributed by atoms with van der Waals surface area (Å²) in [6.07, 6.45) is -4.23. The van der Waals surface area contributed by atoms with Crippen molar-refractivity contribution in [1.29, 1.82) is 0 Å². The molecule has 0 unspecified atom stereocenters. The van der Waals surface area contributed by atoms with Gasteiger partial charge >= 0.3 is 6.18 Å². The van der Waals surface area contributed by atoms with Crippen molar-refractivity contribution < 1.29 is 17.9 Å². The zero-order chi connectivity index (χ0) is 10.4. The van der Waals surface area contributed by atoms with E-state index in [1.165, 1.54) is 6.07 Å². The molecule has 1 aliphatic rings. The minimum atomic E-state index is -4.23. The number of hydrogen-bond acceptors (Lipinski definition) is 2. The molecule has 0 radical (unpaired) electrons. The van der Waals surface area contributed by atoms with Crippen molar-refractivity contribution in [3.8, 4) is 0 Å². The third-order valence-electron chi connectivity index (χ3n) is 2.28. The van der Waals surface area contributed by atoms with E-state index in [9.17, 15) is 13.2 Å². The molecule has 1 saturated heterocycles. The van der Waals surface area contributed by atoms with Crippen LogP contribution in [-0.4, -0.2) is 19.4 Å². The van der Waals surface area contributed by atoms with Crippen LogP contribution >= 0.6 is 27.3 Å². The Kier molecular flexibility index (Phi) is 2.40. The van der Waals surface area contributed by atoms with Crippen LogP contribution in [0.15, 0.2) is 15.9 Å². The lowest BCUT2D eigenvalue weighted by Gasteiger charge is -2.41. The summed E-state index contributed by atoms with van der Waals surface area (Å²) in [5.74, 6) is 0.